The van der Waals surface area contributed by atoms with Gasteiger partial charge < -0.3 is 26.0 Å². The van der Waals surface area contributed by atoms with Gasteiger partial charge >= 0.3 is 5.97 Å². The molecule has 2 heterocycles. The van der Waals surface area contributed by atoms with E-state index < -0.39 is 47.7 Å². The molecule has 0 aromatic heterocycles. The van der Waals surface area contributed by atoms with E-state index >= 15 is 0 Å². The standard InChI is InChI=1S/C25H38N4O6S2/c1-6-17-22(31)29-21(15(4)5)25(34)35-12-16-9-7-8-10-36-37-13-18(23(32)26-17)27-24(33)20(14(2)3)28-19(30)11-16/h6-7,9,14-16,18,20-21H,8,10-13H2,1-5H3,(H,26,32)(H,27,33)(H,28,30)(H,29,31)/b9-7+,17-6-/t16-,18-,20-,21+/m1/s1. The summed E-state index contributed by atoms with van der Waals surface area (Å²) in [5.74, 6) is -2.65. The molecule has 2 aliphatic heterocycles. The van der Waals surface area contributed by atoms with Crippen LogP contribution in [0.5, 0.6) is 0 Å². The number of ether oxygens (including phenoxy) is 1. The second-order valence-electron chi connectivity index (χ2n) is 9.65. The second-order valence-corrected chi connectivity index (χ2v) is 12.3. The number of hydrogen-bond acceptors (Lipinski definition) is 8. The van der Waals surface area contributed by atoms with Crippen molar-refractivity contribution in [2.45, 2.75) is 65.6 Å². The third kappa shape index (κ3) is 9.73. The lowest BCUT2D eigenvalue weighted by Gasteiger charge is -2.25. The first kappa shape index (κ1) is 30.8. The van der Waals surface area contributed by atoms with E-state index in [2.05, 4.69) is 21.3 Å². The molecule has 2 aliphatic rings. The number of nitrogens with one attached hydrogen (secondary N) is 4. The highest BCUT2D eigenvalue weighted by Crippen LogP contribution is 2.24. The first-order valence-corrected chi connectivity index (χ1v) is 15.0. The molecule has 0 spiro atoms. The van der Waals surface area contributed by atoms with Crippen molar-refractivity contribution < 1.29 is 28.7 Å². The maximum absolute atomic E-state index is 13.2. The van der Waals surface area contributed by atoms with Crippen molar-refractivity contribution in [3.8, 4) is 0 Å². The van der Waals surface area contributed by atoms with Gasteiger partial charge in [-0.1, -0.05) is 67.5 Å². The number of hydrogen-bond donors (Lipinski definition) is 4. The third-order valence-corrected chi connectivity index (χ3v) is 8.33. The van der Waals surface area contributed by atoms with Gasteiger partial charge in [0.05, 0.1) is 6.61 Å². The van der Waals surface area contributed by atoms with E-state index in [0.29, 0.717) is 0 Å². The van der Waals surface area contributed by atoms with Gasteiger partial charge in [-0.15, -0.1) is 0 Å². The molecule has 0 unspecified atom stereocenters. The maximum atomic E-state index is 13.2. The topological polar surface area (TPSA) is 143 Å². The van der Waals surface area contributed by atoms with Gasteiger partial charge in [0.15, 0.2) is 0 Å². The Bertz CT molecular complexity index is 921. The maximum Gasteiger partial charge on any atom is 0.328 e. The summed E-state index contributed by atoms with van der Waals surface area (Å²) in [6, 6.07) is -2.79. The Hall–Kier alpha value is -2.47. The van der Waals surface area contributed by atoms with Crippen molar-refractivity contribution in [3.05, 3.63) is 23.9 Å². The van der Waals surface area contributed by atoms with Gasteiger partial charge in [-0.25, -0.2) is 4.79 Å². The summed E-state index contributed by atoms with van der Waals surface area (Å²) < 4.78 is 5.54. The Kier molecular flexibility index (Phi) is 12.5. The van der Waals surface area contributed by atoms with E-state index in [1.165, 1.54) is 16.9 Å². The van der Waals surface area contributed by atoms with E-state index in [1.807, 2.05) is 12.2 Å². The highest BCUT2D eigenvalue weighted by atomic mass is 33.1. The highest BCUT2D eigenvalue weighted by molar-refractivity contribution is 8.76. The minimum absolute atomic E-state index is 0.00745. The molecule has 12 heteroatoms. The average molecular weight is 555 g/mol. The monoisotopic (exact) mass is 554 g/mol. The molecule has 4 amide bonds. The Morgan fingerprint density at radius 1 is 0.946 bits per heavy atom. The van der Waals surface area contributed by atoms with E-state index in [4.69, 9.17) is 4.74 Å². The Morgan fingerprint density at radius 3 is 2.30 bits per heavy atom. The zero-order valence-electron chi connectivity index (χ0n) is 22.0. The van der Waals surface area contributed by atoms with Gasteiger partial charge in [0.25, 0.3) is 5.91 Å². The zero-order valence-corrected chi connectivity index (χ0v) is 23.6. The summed E-state index contributed by atoms with van der Waals surface area (Å²) in [5, 5.41) is 10.8. The fourth-order valence-corrected chi connectivity index (χ4v) is 5.84. The van der Waals surface area contributed by atoms with Crippen LogP contribution < -0.4 is 21.3 Å². The number of rotatable bonds is 2. The number of allylic oxidation sites excluding steroid dienone is 2. The van der Waals surface area contributed by atoms with Crippen molar-refractivity contribution in [1.82, 2.24) is 21.3 Å². The fraction of sp³-hybridized carbons (Fsp3) is 0.640. The average Bonchev–Trinajstić information content (AvgIpc) is 2.84. The number of cyclic esters (lactones) is 1. The number of esters is 1. The molecule has 2 rings (SSSR count). The second kappa shape index (κ2) is 15.1. The molecule has 0 radical (unpaired) electrons. The molecule has 37 heavy (non-hydrogen) atoms. The van der Waals surface area contributed by atoms with Gasteiger partial charge in [-0.05, 0) is 25.2 Å². The molecule has 10 nitrogen and oxygen atoms in total. The van der Waals surface area contributed by atoms with Crippen LogP contribution in [0.25, 0.3) is 0 Å². The smallest absolute Gasteiger partial charge is 0.328 e. The summed E-state index contributed by atoms with van der Waals surface area (Å²) in [7, 11) is 2.99. The van der Waals surface area contributed by atoms with E-state index in [1.54, 1.807) is 45.4 Å². The summed E-state index contributed by atoms with van der Waals surface area (Å²) in [4.78, 5) is 65.2. The number of carbonyl (C=O) groups excluding carboxylic acids is 5. The predicted octanol–water partition coefficient (Wildman–Crippen LogP) is 1.68. The van der Waals surface area contributed by atoms with Crippen LogP contribution in [0, 0.1) is 17.8 Å². The largest absolute Gasteiger partial charge is 0.464 e. The van der Waals surface area contributed by atoms with Crippen molar-refractivity contribution in [2.75, 3.05) is 18.1 Å². The molecule has 2 bridgehead atoms. The van der Waals surface area contributed by atoms with Crippen LogP contribution in [0.1, 0.15) is 47.5 Å². The van der Waals surface area contributed by atoms with E-state index in [0.717, 1.165) is 12.2 Å². The molecule has 4 atom stereocenters. The minimum Gasteiger partial charge on any atom is -0.464 e. The first-order chi connectivity index (χ1) is 17.5. The summed E-state index contributed by atoms with van der Waals surface area (Å²) >= 11 is 0. The Balaban J connectivity index is 2.52. The normalized spacial score (nSPS) is 29.5. The quantitative estimate of drug-likeness (QED) is 0.175. The van der Waals surface area contributed by atoms with Crippen molar-refractivity contribution in [2.24, 2.45) is 17.8 Å². The molecule has 0 aliphatic carbocycles. The lowest BCUT2D eigenvalue weighted by Crippen LogP contribution is -2.56. The van der Waals surface area contributed by atoms with E-state index in [9.17, 15) is 24.0 Å². The van der Waals surface area contributed by atoms with Gasteiger partial charge in [0.2, 0.25) is 17.7 Å². The fourth-order valence-electron chi connectivity index (χ4n) is 3.69. The van der Waals surface area contributed by atoms with Crippen LogP contribution in [0.4, 0.5) is 0 Å². The SMILES string of the molecule is C/C=C1\NC(=O)[C@H]2CSSCC/C=C/[C@@H](COC(=O)[C@H](C(C)C)NC1=O)CC(=O)N[C@H](C(C)C)C(=O)N2. The lowest BCUT2D eigenvalue weighted by molar-refractivity contribution is -0.150. The van der Waals surface area contributed by atoms with E-state index in [-0.39, 0.29) is 42.2 Å². The van der Waals surface area contributed by atoms with Gasteiger partial charge in [0, 0.05) is 23.8 Å². The lowest BCUT2D eigenvalue weighted by atomic mass is 10.0. The molecule has 0 aromatic rings. The molecule has 0 saturated carbocycles. The van der Waals surface area contributed by atoms with Crippen LogP contribution in [0.2, 0.25) is 0 Å². The highest BCUT2D eigenvalue weighted by Gasteiger charge is 2.32. The minimum atomic E-state index is -0.958. The van der Waals surface area contributed by atoms with Crippen LogP contribution in [-0.2, 0) is 28.7 Å². The van der Waals surface area contributed by atoms with Crippen molar-refractivity contribution >= 4 is 51.2 Å². The van der Waals surface area contributed by atoms with Crippen LogP contribution in [0.3, 0.4) is 0 Å². The molecular formula is C25H38N4O6S2. The molecule has 1 fully saturated rings. The van der Waals surface area contributed by atoms with Gasteiger partial charge in [-0.3, -0.25) is 19.2 Å². The van der Waals surface area contributed by atoms with Crippen molar-refractivity contribution in [1.29, 1.82) is 0 Å². The summed E-state index contributed by atoms with van der Waals surface area (Å²) in [6.45, 7) is 8.67. The Morgan fingerprint density at radius 2 is 1.65 bits per heavy atom. The Labute approximate surface area is 226 Å². The number of fused-ring (bicyclic) bond motifs is 7. The molecule has 0 aromatic carbocycles. The van der Waals surface area contributed by atoms with Crippen LogP contribution in [0.15, 0.2) is 23.9 Å². The third-order valence-electron chi connectivity index (χ3n) is 5.88. The molecule has 4 N–H and O–H groups in total. The predicted molar refractivity (Wildman–Crippen MR) is 145 cm³/mol. The summed E-state index contributed by atoms with van der Waals surface area (Å²) in [5.41, 5.74) is -0.0414. The number of amides is 4. The molecule has 206 valence electrons. The van der Waals surface area contributed by atoms with Gasteiger partial charge in [-0.2, -0.15) is 0 Å². The summed E-state index contributed by atoms with van der Waals surface area (Å²) in [6.07, 6.45) is 5.95. The van der Waals surface area contributed by atoms with Crippen molar-refractivity contribution in [3.63, 3.8) is 0 Å². The van der Waals surface area contributed by atoms with Crippen LogP contribution >= 0.6 is 21.6 Å². The van der Waals surface area contributed by atoms with Gasteiger partial charge in [0.1, 0.15) is 23.8 Å². The molecular weight excluding hydrogens is 516 g/mol. The van der Waals surface area contributed by atoms with Crippen LogP contribution in [-0.4, -0.2) is 65.8 Å². The zero-order chi connectivity index (χ0) is 27.5. The number of carbonyl (C=O) groups is 5. The first-order valence-electron chi connectivity index (χ1n) is 12.5. The molecule has 1 saturated heterocycles.